The molecule has 0 aromatic heterocycles. The molecule has 0 unspecified atom stereocenters. The normalized spacial score (nSPS) is 16.5. The van der Waals surface area contributed by atoms with Gasteiger partial charge in [0.25, 0.3) is 6.43 Å². The number of halogens is 3. The SMILES string of the molecule is COCCCCC[Si]1CCC(c2ccc(OCC(F)F)c(F)c2)CC1. The molecule has 2 nitrogen and oxygen atoms in total. The zero-order chi connectivity index (χ0) is 18.1. The minimum absolute atomic E-state index is 0.0827. The number of alkyl halides is 2. The second-order valence-corrected chi connectivity index (χ2v) is 9.72. The van der Waals surface area contributed by atoms with Crippen molar-refractivity contribution in [3.8, 4) is 5.75 Å². The van der Waals surface area contributed by atoms with Crippen LogP contribution in [0.25, 0.3) is 0 Å². The average molecular weight is 374 g/mol. The molecular weight excluding hydrogens is 345 g/mol. The third kappa shape index (κ3) is 7.02. The molecule has 1 aliphatic rings. The molecule has 1 aromatic carbocycles. The Morgan fingerprint density at radius 1 is 1.16 bits per heavy atom. The van der Waals surface area contributed by atoms with Gasteiger partial charge in [-0.15, -0.1) is 0 Å². The number of ether oxygens (including phenoxy) is 2. The van der Waals surface area contributed by atoms with Crippen LogP contribution in [0.3, 0.4) is 0 Å². The summed E-state index contributed by atoms with van der Waals surface area (Å²) >= 11 is 0. The Labute approximate surface area is 150 Å². The highest BCUT2D eigenvalue weighted by Gasteiger charge is 2.24. The van der Waals surface area contributed by atoms with E-state index in [4.69, 9.17) is 9.47 Å². The molecule has 1 heterocycles. The lowest BCUT2D eigenvalue weighted by Crippen LogP contribution is -2.20. The van der Waals surface area contributed by atoms with E-state index in [1.165, 1.54) is 43.1 Å². The van der Waals surface area contributed by atoms with E-state index >= 15 is 0 Å². The Kier molecular flexibility index (Phi) is 8.82. The van der Waals surface area contributed by atoms with Crippen molar-refractivity contribution in [2.45, 2.75) is 62.6 Å². The van der Waals surface area contributed by atoms with E-state index < -0.39 is 18.8 Å². The van der Waals surface area contributed by atoms with Gasteiger partial charge in [0.05, 0.1) is 0 Å². The van der Waals surface area contributed by atoms with Crippen LogP contribution in [0.2, 0.25) is 18.1 Å². The van der Waals surface area contributed by atoms with Crippen LogP contribution in [-0.2, 0) is 4.74 Å². The van der Waals surface area contributed by atoms with Crippen molar-refractivity contribution in [3.05, 3.63) is 29.6 Å². The molecule has 1 radical (unpaired) electrons. The first-order chi connectivity index (χ1) is 12.1. The molecule has 1 aliphatic heterocycles. The first kappa shape index (κ1) is 20.3. The monoisotopic (exact) mass is 373 g/mol. The first-order valence-electron chi connectivity index (χ1n) is 9.13. The molecular formula is C19H28F3O2Si. The van der Waals surface area contributed by atoms with Crippen LogP contribution in [-0.4, -0.2) is 35.5 Å². The van der Waals surface area contributed by atoms with Crippen molar-refractivity contribution in [2.24, 2.45) is 0 Å². The van der Waals surface area contributed by atoms with E-state index in [0.717, 1.165) is 31.4 Å². The third-order valence-electron chi connectivity index (χ3n) is 4.86. The van der Waals surface area contributed by atoms with Crippen LogP contribution in [0.4, 0.5) is 13.2 Å². The van der Waals surface area contributed by atoms with Gasteiger partial charge in [0, 0.05) is 22.5 Å². The highest BCUT2D eigenvalue weighted by molar-refractivity contribution is 6.59. The van der Waals surface area contributed by atoms with Crippen LogP contribution >= 0.6 is 0 Å². The molecule has 1 saturated heterocycles. The summed E-state index contributed by atoms with van der Waals surface area (Å²) in [5.74, 6) is -0.228. The molecule has 0 N–H and O–H groups in total. The van der Waals surface area contributed by atoms with Crippen molar-refractivity contribution in [1.82, 2.24) is 0 Å². The number of hydrogen-bond donors (Lipinski definition) is 0. The molecule has 6 heteroatoms. The predicted molar refractivity (Wildman–Crippen MR) is 95.8 cm³/mol. The molecule has 1 fully saturated rings. The zero-order valence-corrected chi connectivity index (χ0v) is 15.9. The van der Waals surface area contributed by atoms with E-state index in [0.29, 0.717) is 5.92 Å². The number of hydrogen-bond acceptors (Lipinski definition) is 2. The Balaban J connectivity index is 1.75. The minimum Gasteiger partial charge on any atom is -0.485 e. The standard InChI is InChI=1S/C19H28F3O2Si/c1-23-9-3-2-4-10-25-11-7-15(8-12-25)16-5-6-18(17(20)13-16)24-14-19(21)22/h5-6,13,15,19H,2-4,7-12,14H2,1H3. The lowest BCUT2D eigenvalue weighted by molar-refractivity contribution is 0.0799. The minimum atomic E-state index is -2.59. The molecule has 0 bridgehead atoms. The molecule has 0 spiro atoms. The summed E-state index contributed by atoms with van der Waals surface area (Å²) in [5.41, 5.74) is 0.975. The molecule has 141 valence electrons. The summed E-state index contributed by atoms with van der Waals surface area (Å²) in [7, 11) is 1.49. The van der Waals surface area contributed by atoms with E-state index in [2.05, 4.69) is 0 Å². The van der Waals surface area contributed by atoms with Gasteiger partial charge in [0.2, 0.25) is 0 Å². The average Bonchev–Trinajstić information content (AvgIpc) is 2.61. The molecule has 0 aliphatic carbocycles. The van der Waals surface area contributed by atoms with Crippen molar-refractivity contribution >= 4 is 8.80 Å². The van der Waals surface area contributed by atoms with Crippen molar-refractivity contribution < 1.29 is 22.6 Å². The van der Waals surface area contributed by atoms with Crippen LogP contribution in [0.5, 0.6) is 5.75 Å². The molecule has 0 amide bonds. The van der Waals surface area contributed by atoms with Gasteiger partial charge in [0.1, 0.15) is 6.61 Å². The number of benzene rings is 1. The fourth-order valence-electron chi connectivity index (χ4n) is 3.45. The largest absolute Gasteiger partial charge is 0.485 e. The van der Waals surface area contributed by atoms with E-state index in [-0.39, 0.29) is 14.5 Å². The molecule has 25 heavy (non-hydrogen) atoms. The fourth-order valence-corrected chi connectivity index (χ4v) is 6.46. The second kappa shape index (κ2) is 10.9. The van der Waals surface area contributed by atoms with E-state index in [9.17, 15) is 13.2 Å². The molecule has 0 saturated carbocycles. The van der Waals surface area contributed by atoms with Crippen molar-refractivity contribution in [3.63, 3.8) is 0 Å². The number of unbranched alkanes of at least 4 members (excludes halogenated alkanes) is 2. The van der Waals surface area contributed by atoms with Gasteiger partial charge < -0.3 is 9.47 Å². The van der Waals surface area contributed by atoms with Crippen molar-refractivity contribution in [1.29, 1.82) is 0 Å². The summed E-state index contributed by atoms with van der Waals surface area (Å²) in [4.78, 5) is 0. The van der Waals surface area contributed by atoms with Crippen LogP contribution < -0.4 is 4.74 Å². The molecule has 0 atom stereocenters. The Morgan fingerprint density at radius 2 is 1.92 bits per heavy atom. The summed E-state index contributed by atoms with van der Waals surface area (Å²) in [6, 6.07) is 8.72. The maximum absolute atomic E-state index is 14.0. The second-order valence-electron chi connectivity index (χ2n) is 6.72. The summed E-state index contributed by atoms with van der Waals surface area (Å²) in [5, 5.41) is 0. The van der Waals surface area contributed by atoms with Gasteiger partial charge in [-0.1, -0.05) is 37.0 Å². The highest BCUT2D eigenvalue weighted by Crippen LogP contribution is 2.36. The van der Waals surface area contributed by atoms with Gasteiger partial charge in [-0.2, -0.15) is 0 Å². The van der Waals surface area contributed by atoms with Gasteiger partial charge in [-0.05, 0) is 42.9 Å². The van der Waals surface area contributed by atoms with Gasteiger partial charge >= 0.3 is 0 Å². The Bertz CT molecular complexity index is 505. The maximum atomic E-state index is 14.0. The third-order valence-corrected chi connectivity index (χ3v) is 7.92. The maximum Gasteiger partial charge on any atom is 0.272 e. The van der Waals surface area contributed by atoms with Gasteiger partial charge in [-0.3, -0.25) is 0 Å². The van der Waals surface area contributed by atoms with Crippen LogP contribution in [0.1, 0.15) is 43.6 Å². The van der Waals surface area contributed by atoms with E-state index in [1.807, 2.05) is 6.07 Å². The summed E-state index contributed by atoms with van der Waals surface area (Å²) < 4.78 is 48.2. The summed E-state index contributed by atoms with van der Waals surface area (Å²) in [6.07, 6.45) is 3.33. The Morgan fingerprint density at radius 3 is 2.56 bits per heavy atom. The molecule has 2 rings (SSSR count). The Hall–Kier alpha value is -1.01. The van der Waals surface area contributed by atoms with Crippen LogP contribution in [0, 0.1) is 5.82 Å². The smallest absolute Gasteiger partial charge is 0.272 e. The lowest BCUT2D eigenvalue weighted by Gasteiger charge is -2.28. The quantitative estimate of drug-likeness (QED) is 0.389. The topological polar surface area (TPSA) is 18.5 Å². The zero-order valence-electron chi connectivity index (χ0n) is 14.9. The number of rotatable bonds is 10. The first-order valence-corrected chi connectivity index (χ1v) is 11.2. The highest BCUT2D eigenvalue weighted by atomic mass is 28.3. The van der Waals surface area contributed by atoms with Crippen molar-refractivity contribution in [2.75, 3.05) is 20.3 Å². The van der Waals surface area contributed by atoms with Crippen LogP contribution in [0.15, 0.2) is 18.2 Å². The fraction of sp³-hybridized carbons (Fsp3) is 0.684. The van der Waals surface area contributed by atoms with Gasteiger partial charge in [-0.25, -0.2) is 13.2 Å². The summed E-state index contributed by atoms with van der Waals surface area (Å²) in [6.45, 7) is 0.0859. The predicted octanol–water partition coefficient (Wildman–Crippen LogP) is 5.66. The van der Waals surface area contributed by atoms with E-state index in [1.54, 1.807) is 7.11 Å². The molecule has 1 aromatic rings. The number of methoxy groups -OCH3 is 1. The van der Waals surface area contributed by atoms with Gasteiger partial charge in [0.15, 0.2) is 11.6 Å². The lowest BCUT2D eigenvalue weighted by atomic mass is 9.93.